The molecular formula is C7H14N2O3. The molecule has 0 heterocycles. The van der Waals surface area contributed by atoms with Gasteiger partial charge in [0.1, 0.15) is 6.04 Å². The number of carbonyl (C=O) groups excluding carboxylic acids is 1. The minimum Gasteiger partial charge on any atom is -0.480 e. The van der Waals surface area contributed by atoms with Crippen LogP contribution in [0.3, 0.4) is 0 Å². The molecule has 0 bridgehead atoms. The molecule has 0 aromatic heterocycles. The van der Waals surface area contributed by atoms with Gasteiger partial charge in [0.05, 0.1) is 0 Å². The number of urea groups is 1. The molecule has 0 unspecified atom stereocenters. The Morgan fingerprint density at radius 2 is 2.08 bits per heavy atom. The van der Waals surface area contributed by atoms with Crippen LogP contribution in [0.2, 0.25) is 0 Å². The van der Waals surface area contributed by atoms with Gasteiger partial charge in [-0.25, -0.2) is 4.79 Å². The molecule has 0 aromatic carbocycles. The highest BCUT2D eigenvalue weighted by atomic mass is 16.4. The summed E-state index contributed by atoms with van der Waals surface area (Å²) in [5.74, 6) is -1.03. The molecule has 5 heteroatoms. The van der Waals surface area contributed by atoms with Crippen molar-refractivity contribution in [3.05, 3.63) is 0 Å². The molecule has 0 aromatic rings. The number of carboxylic acid groups (broad SMARTS) is 1. The van der Waals surface area contributed by atoms with Crippen LogP contribution in [-0.2, 0) is 4.79 Å². The average Bonchev–Trinajstić information content (AvgIpc) is 2.02. The van der Waals surface area contributed by atoms with Crippen molar-refractivity contribution in [1.82, 2.24) is 10.2 Å². The summed E-state index contributed by atoms with van der Waals surface area (Å²) in [5.41, 5.74) is 0. The number of nitrogens with one attached hydrogen (secondary N) is 1. The molecule has 0 fully saturated rings. The predicted octanol–water partition coefficient (Wildman–Crippen LogP) is 0.121. The molecular weight excluding hydrogens is 160 g/mol. The molecule has 0 aliphatic heterocycles. The van der Waals surface area contributed by atoms with Crippen LogP contribution in [0, 0.1) is 0 Å². The molecule has 0 aliphatic rings. The zero-order chi connectivity index (χ0) is 9.72. The molecule has 2 N–H and O–H groups in total. The van der Waals surface area contributed by atoms with Crippen LogP contribution in [0.15, 0.2) is 0 Å². The Morgan fingerprint density at radius 1 is 1.58 bits per heavy atom. The summed E-state index contributed by atoms with van der Waals surface area (Å²) in [6.45, 7) is 3.78. The Morgan fingerprint density at radius 3 is 2.42 bits per heavy atom. The first-order valence-electron chi connectivity index (χ1n) is 3.73. The topological polar surface area (TPSA) is 69.6 Å². The lowest BCUT2D eigenvalue weighted by Gasteiger charge is -2.17. The fourth-order valence-electron chi connectivity index (χ4n) is 0.501. The van der Waals surface area contributed by atoms with E-state index in [4.69, 9.17) is 5.11 Å². The van der Waals surface area contributed by atoms with Gasteiger partial charge < -0.3 is 15.3 Å². The van der Waals surface area contributed by atoms with Gasteiger partial charge in [0.2, 0.25) is 0 Å². The average molecular weight is 174 g/mol. The van der Waals surface area contributed by atoms with Crippen molar-refractivity contribution in [2.45, 2.75) is 19.9 Å². The molecule has 1 atom stereocenters. The van der Waals surface area contributed by atoms with Gasteiger partial charge in [-0.15, -0.1) is 0 Å². The van der Waals surface area contributed by atoms with E-state index >= 15 is 0 Å². The van der Waals surface area contributed by atoms with E-state index in [-0.39, 0.29) is 6.03 Å². The number of nitrogens with zero attached hydrogens (tertiary/aromatic N) is 1. The van der Waals surface area contributed by atoms with E-state index < -0.39 is 12.0 Å². The minimum absolute atomic E-state index is 0.368. The summed E-state index contributed by atoms with van der Waals surface area (Å²) in [4.78, 5) is 22.8. The second-order valence-electron chi connectivity index (χ2n) is 2.52. The molecule has 70 valence electrons. The molecule has 0 saturated carbocycles. The molecule has 2 amide bonds. The largest absolute Gasteiger partial charge is 0.480 e. The van der Waals surface area contributed by atoms with E-state index in [1.807, 2.05) is 6.92 Å². The van der Waals surface area contributed by atoms with Gasteiger partial charge in [0.25, 0.3) is 0 Å². The Bertz CT molecular complexity index is 181. The highest BCUT2D eigenvalue weighted by Gasteiger charge is 2.15. The predicted molar refractivity (Wildman–Crippen MR) is 43.9 cm³/mol. The van der Waals surface area contributed by atoms with Gasteiger partial charge in [0, 0.05) is 13.6 Å². The summed E-state index contributed by atoms with van der Waals surface area (Å²) >= 11 is 0. The van der Waals surface area contributed by atoms with E-state index in [2.05, 4.69) is 5.32 Å². The normalized spacial score (nSPS) is 11.9. The van der Waals surface area contributed by atoms with Gasteiger partial charge in [-0.2, -0.15) is 0 Å². The van der Waals surface area contributed by atoms with Crippen molar-refractivity contribution in [3.63, 3.8) is 0 Å². The maximum absolute atomic E-state index is 11.0. The lowest BCUT2D eigenvalue weighted by molar-refractivity contribution is -0.138. The van der Waals surface area contributed by atoms with Crippen LogP contribution >= 0.6 is 0 Å². The lowest BCUT2D eigenvalue weighted by Crippen LogP contribution is -2.45. The second-order valence-corrected chi connectivity index (χ2v) is 2.52. The van der Waals surface area contributed by atoms with Crippen LogP contribution in [0.5, 0.6) is 0 Å². The standard InChI is InChI=1S/C7H14N2O3/c1-4-9(3)7(12)8-5(2)6(10)11/h5H,4H2,1-3H3,(H,8,12)(H,10,11)/t5-/m0/s1. The van der Waals surface area contributed by atoms with Crippen molar-refractivity contribution in [2.24, 2.45) is 0 Å². The summed E-state index contributed by atoms with van der Waals surface area (Å²) in [6.07, 6.45) is 0. The molecule has 5 nitrogen and oxygen atoms in total. The van der Waals surface area contributed by atoms with E-state index in [9.17, 15) is 9.59 Å². The third-order valence-corrected chi connectivity index (χ3v) is 1.53. The van der Waals surface area contributed by atoms with Crippen molar-refractivity contribution in [3.8, 4) is 0 Å². The molecule has 0 rings (SSSR count). The van der Waals surface area contributed by atoms with Crippen molar-refractivity contribution in [1.29, 1.82) is 0 Å². The van der Waals surface area contributed by atoms with Crippen molar-refractivity contribution in [2.75, 3.05) is 13.6 Å². The number of hydrogen-bond donors (Lipinski definition) is 2. The van der Waals surface area contributed by atoms with Crippen LogP contribution in [0.1, 0.15) is 13.8 Å². The zero-order valence-corrected chi connectivity index (χ0v) is 7.50. The third-order valence-electron chi connectivity index (χ3n) is 1.53. The Labute approximate surface area is 71.4 Å². The van der Waals surface area contributed by atoms with E-state index in [1.54, 1.807) is 7.05 Å². The number of hydrogen-bond acceptors (Lipinski definition) is 2. The van der Waals surface area contributed by atoms with E-state index in [0.29, 0.717) is 6.54 Å². The SMILES string of the molecule is CCN(C)C(=O)N[C@@H](C)C(=O)O. The maximum Gasteiger partial charge on any atom is 0.325 e. The van der Waals surface area contributed by atoms with Gasteiger partial charge in [-0.1, -0.05) is 0 Å². The van der Waals surface area contributed by atoms with Gasteiger partial charge in [-0.3, -0.25) is 4.79 Å². The number of carbonyl (C=O) groups is 2. The monoisotopic (exact) mass is 174 g/mol. The van der Waals surface area contributed by atoms with Gasteiger partial charge in [0.15, 0.2) is 0 Å². The van der Waals surface area contributed by atoms with E-state index in [1.165, 1.54) is 11.8 Å². The Balaban J connectivity index is 3.92. The third kappa shape index (κ3) is 3.23. The Kier molecular flexibility index (Phi) is 4.10. The smallest absolute Gasteiger partial charge is 0.325 e. The molecule has 12 heavy (non-hydrogen) atoms. The van der Waals surface area contributed by atoms with Crippen LogP contribution in [0.25, 0.3) is 0 Å². The van der Waals surface area contributed by atoms with Crippen LogP contribution < -0.4 is 5.32 Å². The Hall–Kier alpha value is -1.26. The lowest BCUT2D eigenvalue weighted by atomic mass is 10.3. The molecule has 0 saturated heterocycles. The summed E-state index contributed by atoms with van der Waals surface area (Å²) in [7, 11) is 1.60. The fourth-order valence-corrected chi connectivity index (χ4v) is 0.501. The molecule has 0 radical (unpaired) electrons. The first kappa shape index (κ1) is 10.7. The quantitative estimate of drug-likeness (QED) is 0.638. The number of amides is 2. The second kappa shape index (κ2) is 4.58. The van der Waals surface area contributed by atoms with E-state index in [0.717, 1.165) is 0 Å². The van der Waals surface area contributed by atoms with Crippen LogP contribution in [-0.4, -0.2) is 41.6 Å². The van der Waals surface area contributed by atoms with Crippen molar-refractivity contribution >= 4 is 12.0 Å². The van der Waals surface area contributed by atoms with Gasteiger partial charge in [-0.05, 0) is 13.8 Å². The minimum atomic E-state index is -1.03. The zero-order valence-electron chi connectivity index (χ0n) is 7.50. The van der Waals surface area contributed by atoms with Crippen molar-refractivity contribution < 1.29 is 14.7 Å². The first-order chi connectivity index (χ1) is 5.49. The van der Waals surface area contributed by atoms with Gasteiger partial charge >= 0.3 is 12.0 Å². The molecule has 0 aliphatic carbocycles. The highest BCUT2D eigenvalue weighted by molar-refractivity contribution is 5.81. The number of rotatable bonds is 3. The summed E-state index contributed by atoms with van der Waals surface area (Å²) in [5, 5.41) is 10.8. The number of aliphatic carboxylic acids is 1. The highest BCUT2D eigenvalue weighted by Crippen LogP contribution is 1.86. The molecule has 0 spiro atoms. The first-order valence-corrected chi connectivity index (χ1v) is 3.73. The summed E-state index contributed by atoms with van der Waals surface area (Å²) in [6, 6.07) is -1.21. The number of carboxylic acids is 1. The van der Waals surface area contributed by atoms with Crippen LogP contribution in [0.4, 0.5) is 4.79 Å². The summed E-state index contributed by atoms with van der Waals surface area (Å²) < 4.78 is 0. The maximum atomic E-state index is 11.0. The fraction of sp³-hybridized carbons (Fsp3) is 0.714.